The molecule has 0 unspecified atom stereocenters. The van der Waals surface area contributed by atoms with E-state index in [-0.39, 0.29) is 16.2 Å². The zero-order chi connectivity index (χ0) is 18.2. The highest BCUT2D eigenvalue weighted by Crippen LogP contribution is 2.28. The number of rotatable bonds is 4. The second-order valence-electron chi connectivity index (χ2n) is 5.41. The fourth-order valence-corrected chi connectivity index (χ4v) is 3.74. The van der Waals surface area contributed by atoms with Gasteiger partial charge in [-0.05, 0) is 25.1 Å². The van der Waals surface area contributed by atoms with Gasteiger partial charge in [-0.25, -0.2) is 4.79 Å². The summed E-state index contributed by atoms with van der Waals surface area (Å²) in [5.74, 6) is -0.368. The molecule has 0 saturated heterocycles. The lowest BCUT2D eigenvalue weighted by Crippen LogP contribution is -2.14. The van der Waals surface area contributed by atoms with E-state index in [0.717, 1.165) is 9.65 Å². The van der Waals surface area contributed by atoms with Gasteiger partial charge >= 0.3 is 5.97 Å². The maximum absolute atomic E-state index is 12.9. The molecule has 25 heavy (non-hydrogen) atoms. The van der Waals surface area contributed by atoms with Crippen LogP contribution >= 0.6 is 0 Å². The number of ether oxygens (including phenoxy) is 2. The fraction of sp³-hybridized carbons (Fsp3) is 0.176. The Hall–Kier alpha value is -2.87. The summed E-state index contributed by atoms with van der Waals surface area (Å²) < 4.78 is 36.6. The molecule has 0 radical (unpaired) electrons. The van der Waals surface area contributed by atoms with Crippen LogP contribution in [0.5, 0.6) is 5.75 Å². The number of carbonyl (C=O) groups is 1. The molecule has 0 N–H and O–H groups in total. The molecule has 0 aliphatic heterocycles. The topological polar surface area (TPSA) is 87.5 Å². The van der Waals surface area contributed by atoms with Gasteiger partial charge in [-0.15, -0.1) is 0 Å². The molecule has 0 spiro atoms. The van der Waals surface area contributed by atoms with Crippen LogP contribution in [0.25, 0.3) is 10.9 Å². The third kappa shape index (κ3) is 2.85. The Labute approximate surface area is 144 Å². The average molecular weight is 360 g/mol. The minimum atomic E-state index is -3.87. The summed E-state index contributed by atoms with van der Waals surface area (Å²) in [5, 5.41) is 4.47. The standard InChI is InChI=1S/C17H16N2O5S/c1-11-4-6-13(7-5-11)25(21,22)19-15-9-16(23-2)14(17(20)24-3)8-12(15)10-18-19/h4-10H,1-3H3. The van der Waals surface area contributed by atoms with Crippen molar-refractivity contribution in [3.8, 4) is 5.75 Å². The molecule has 0 fully saturated rings. The van der Waals surface area contributed by atoms with Gasteiger partial charge in [-0.1, -0.05) is 17.7 Å². The molecule has 0 saturated carbocycles. The molecule has 0 bridgehead atoms. The quantitative estimate of drug-likeness (QED) is 0.664. The van der Waals surface area contributed by atoms with Crippen molar-refractivity contribution in [1.29, 1.82) is 0 Å². The van der Waals surface area contributed by atoms with Gasteiger partial charge in [0.2, 0.25) is 0 Å². The number of hydrogen-bond acceptors (Lipinski definition) is 6. The highest BCUT2D eigenvalue weighted by atomic mass is 32.2. The highest BCUT2D eigenvalue weighted by molar-refractivity contribution is 7.90. The molecule has 0 aliphatic carbocycles. The van der Waals surface area contributed by atoms with Crippen LogP contribution in [0.2, 0.25) is 0 Å². The maximum Gasteiger partial charge on any atom is 0.341 e. The number of esters is 1. The molecule has 2 aromatic carbocycles. The molecule has 0 aliphatic rings. The first-order chi connectivity index (χ1) is 11.9. The second kappa shape index (κ2) is 6.21. The SMILES string of the molecule is COC(=O)c1cc2cnn(S(=O)(=O)c3ccc(C)cc3)c2cc1OC. The van der Waals surface area contributed by atoms with Gasteiger partial charge in [0.15, 0.2) is 0 Å². The zero-order valence-corrected chi connectivity index (χ0v) is 14.7. The van der Waals surface area contributed by atoms with Crippen LogP contribution in [0, 0.1) is 6.92 Å². The van der Waals surface area contributed by atoms with Crippen LogP contribution in [-0.4, -0.2) is 37.8 Å². The number of hydrogen-bond donors (Lipinski definition) is 0. The molecule has 0 amide bonds. The molecule has 1 heterocycles. The maximum atomic E-state index is 12.9. The van der Waals surface area contributed by atoms with Crippen molar-refractivity contribution in [3.05, 3.63) is 53.7 Å². The van der Waals surface area contributed by atoms with E-state index in [1.807, 2.05) is 6.92 Å². The lowest BCUT2D eigenvalue weighted by atomic mass is 10.1. The molecule has 1 aromatic heterocycles. The van der Waals surface area contributed by atoms with Crippen LogP contribution in [0.4, 0.5) is 0 Å². The number of nitrogens with zero attached hydrogens (tertiary/aromatic N) is 2. The van der Waals surface area contributed by atoms with Crippen molar-refractivity contribution >= 4 is 26.9 Å². The summed E-state index contributed by atoms with van der Waals surface area (Å²) in [5.41, 5.74) is 1.46. The van der Waals surface area contributed by atoms with Gasteiger partial charge in [0.05, 0.1) is 30.8 Å². The Bertz CT molecular complexity index is 1050. The Morgan fingerprint density at radius 2 is 1.80 bits per heavy atom. The predicted molar refractivity (Wildman–Crippen MR) is 91.4 cm³/mol. The predicted octanol–water partition coefficient (Wildman–Crippen LogP) is 2.38. The van der Waals surface area contributed by atoms with E-state index in [1.165, 1.54) is 44.7 Å². The second-order valence-corrected chi connectivity index (χ2v) is 7.18. The smallest absolute Gasteiger partial charge is 0.341 e. The lowest BCUT2D eigenvalue weighted by Gasteiger charge is -2.09. The lowest BCUT2D eigenvalue weighted by molar-refractivity contribution is 0.0597. The summed E-state index contributed by atoms with van der Waals surface area (Å²) in [6.45, 7) is 1.87. The first-order valence-electron chi connectivity index (χ1n) is 7.35. The monoisotopic (exact) mass is 360 g/mol. The average Bonchev–Trinajstić information content (AvgIpc) is 3.03. The van der Waals surface area contributed by atoms with Crippen molar-refractivity contribution < 1.29 is 22.7 Å². The van der Waals surface area contributed by atoms with E-state index >= 15 is 0 Å². The van der Waals surface area contributed by atoms with E-state index in [4.69, 9.17) is 9.47 Å². The molecule has 8 heteroatoms. The van der Waals surface area contributed by atoms with E-state index in [2.05, 4.69) is 5.10 Å². The van der Waals surface area contributed by atoms with Gasteiger partial charge in [-0.3, -0.25) is 0 Å². The number of benzene rings is 2. The summed E-state index contributed by atoms with van der Waals surface area (Å²) in [6.07, 6.45) is 1.38. The third-order valence-electron chi connectivity index (χ3n) is 3.81. The van der Waals surface area contributed by atoms with Crippen LogP contribution < -0.4 is 4.74 Å². The van der Waals surface area contributed by atoms with Crippen LogP contribution in [-0.2, 0) is 14.8 Å². The number of aryl methyl sites for hydroxylation is 1. The Morgan fingerprint density at radius 3 is 2.40 bits per heavy atom. The minimum Gasteiger partial charge on any atom is -0.496 e. The first kappa shape index (κ1) is 17.0. The van der Waals surface area contributed by atoms with Gasteiger partial charge in [0.1, 0.15) is 11.3 Å². The summed E-state index contributed by atoms with van der Waals surface area (Å²) in [6, 6.07) is 9.44. The number of carbonyl (C=O) groups excluding carboxylic acids is 1. The van der Waals surface area contributed by atoms with Gasteiger partial charge in [0, 0.05) is 11.5 Å². The van der Waals surface area contributed by atoms with Crippen molar-refractivity contribution in [2.75, 3.05) is 14.2 Å². The normalized spacial score (nSPS) is 11.5. The van der Waals surface area contributed by atoms with Gasteiger partial charge in [0.25, 0.3) is 10.0 Å². The highest BCUT2D eigenvalue weighted by Gasteiger charge is 2.23. The van der Waals surface area contributed by atoms with Crippen LogP contribution in [0.1, 0.15) is 15.9 Å². The van der Waals surface area contributed by atoms with E-state index in [0.29, 0.717) is 10.9 Å². The van der Waals surface area contributed by atoms with E-state index in [9.17, 15) is 13.2 Å². The number of aromatic nitrogens is 2. The van der Waals surface area contributed by atoms with Crippen molar-refractivity contribution in [1.82, 2.24) is 9.19 Å². The van der Waals surface area contributed by atoms with Gasteiger partial charge < -0.3 is 9.47 Å². The van der Waals surface area contributed by atoms with Gasteiger partial charge in [-0.2, -0.15) is 17.6 Å². The van der Waals surface area contributed by atoms with Crippen molar-refractivity contribution in [2.45, 2.75) is 11.8 Å². The zero-order valence-electron chi connectivity index (χ0n) is 13.9. The van der Waals surface area contributed by atoms with E-state index < -0.39 is 16.0 Å². The molecule has 3 rings (SSSR count). The Kier molecular flexibility index (Phi) is 4.22. The fourth-order valence-electron chi connectivity index (χ4n) is 2.47. The molecular weight excluding hydrogens is 344 g/mol. The number of fused-ring (bicyclic) bond motifs is 1. The molecule has 0 atom stereocenters. The summed E-state index contributed by atoms with van der Waals surface area (Å²) in [7, 11) is -1.22. The number of methoxy groups -OCH3 is 2. The van der Waals surface area contributed by atoms with Crippen molar-refractivity contribution in [3.63, 3.8) is 0 Å². The van der Waals surface area contributed by atoms with Crippen molar-refractivity contribution in [2.24, 2.45) is 0 Å². The summed E-state index contributed by atoms with van der Waals surface area (Å²) >= 11 is 0. The van der Waals surface area contributed by atoms with E-state index in [1.54, 1.807) is 12.1 Å². The largest absolute Gasteiger partial charge is 0.496 e. The Balaban J connectivity index is 2.21. The molecule has 130 valence electrons. The van der Waals surface area contributed by atoms with Crippen LogP contribution in [0.3, 0.4) is 0 Å². The summed E-state index contributed by atoms with van der Waals surface area (Å²) in [4.78, 5) is 12.0. The first-order valence-corrected chi connectivity index (χ1v) is 8.79. The minimum absolute atomic E-state index is 0.124. The molecule has 3 aromatic rings. The van der Waals surface area contributed by atoms with Crippen LogP contribution in [0.15, 0.2) is 47.5 Å². The third-order valence-corrected chi connectivity index (χ3v) is 5.42. The Morgan fingerprint density at radius 1 is 1.12 bits per heavy atom. The molecule has 7 nitrogen and oxygen atoms in total. The molecular formula is C17H16N2O5S.